The summed E-state index contributed by atoms with van der Waals surface area (Å²) in [6.07, 6.45) is 11.3. The molecule has 100 valence electrons. The lowest BCUT2D eigenvalue weighted by Gasteiger charge is -2.29. The number of fused-ring (bicyclic) bond motifs is 1. The number of thiophene rings is 1. The zero-order chi connectivity index (χ0) is 12.8. The van der Waals surface area contributed by atoms with E-state index in [1.165, 1.54) is 51.4 Å². The molecule has 1 saturated carbocycles. The second-order valence-corrected chi connectivity index (χ2v) is 8.31. The minimum Gasteiger partial charge on any atom is -0.145 e. The van der Waals surface area contributed by atoms with Crippen LogP contribution in [0.4, 0.5) is 0 Å². The van der Waals surface area contributed by atoms with Gasteiger partial charge >= 0.3 is 0 Å². The van der Waals surface area contributed by atoms with Gasteiger partial charge in [0, 0.05) is 9.75 Å². The number of rotatable bonds is 1. The van der Waals surface area contributed by atoms with Gasteiger partial charge in [0.05, 0.1) is 0 Å². The van der Waals surface area contributed by atoms with Crippen molar-refractivity contribution in [3.8, 4) is 0 Å². The molecule has 0 bridgehead atoms. The summed E-state index contributed by atoms with van der Waals surface area (Å²) in [7, 11) is 0. The highest BCUT2D eigenvalue weighted by Crippen LogP contribution is 2.46. The Morgan fingerprint density at radius 3 is 2.56 bits per heavy atom. The molecule has 0 atom stereocenters. The van der Waals surface area contributed by atoms with Crippen molar-refractivity contribution < 1.29 is 0 Å². The maximum Gasteiger partial charge on any atom is 0.0111 e. The van der Waals surface area contributed by atoms with E-state index in [1.54, 1.807) is 20.9 Å². The second-order valence-electron chi connectivity index (χ2n) is 7.17. The molecule has 0 unspecified atom stereocenters. The minimum absolute atomic E-state index is 0.530. The third-order valence-corrected chi connectivity index (χ3v) is 6.61. The second kappa shape index (κ2) is 4.67. The van der Waals surface area contributed by atoms with Gasteiger partial charge < -0.3 is 0 Å². The maximum absolute atomic E-state index is 2.44. The molecule has 1 aromatic rings. The summed E-state index contributed by atoms with van der Waals surface area (Å²) in [6.45, 7) is 7.28. The highest BCUT2D eigenvalue weighted by molar-refractivity contribution is 7.12. The smallest absolute Gasteiger partial charge is 0.0111 e. The zero-order valence-electron chi connectivity index (χ0n) is 12.1. The SMILES string of the molecule is Cc1c(C2CCCCC2)sc2c1CC(C)(C)CC2. The maximum atomic E-state index is 2.44. The molecule has 0 nitrogen and oxygen atoms in total. The van der Waals surface area contributed by atoms with Crippen LogP contribution in [0.1, 0.15) is 79.2 Å². The van der Waals surface area contributed by atoms with Crippen LogP contribution in [0, 0.1) is 12.3 Å². The van der Waals surface area contributed by atoms with E-state index in [-0.39, 0.29) is 0 Å². The average molecular weight is 262 g/mol. The molecule has 2 aliphatic rings. The van der Waals surface area contributed by atoms with Crippen molar-refractivity contribution in [2.75, 3.05) is 0 Å². The summed E-state index contributed by atoms with van der Waals surface area (Å²) in [4.78, 5) is 3.49. The lowest BCUT2D eigenvalue weighted by molar-refractivity contribution is 0.317. The van der Waals surface area contributed by atoms with Crippen LogP contribution in [-0.2, 0) is 12.8 Å². The molecule has 0 spiro atoms. The Morgan fingerprint density at radius 2 is 1.83 bits per heavy atom. The first-order chi connectivity index (χ1) is 8.57. The Bertz CT molecular complexity index is 433. The van der Waals surface area contributed by atoms with Gasteiger partial charge in [0.1, 0.15) is 0 Å². The Morgan fingerprint density at radius 1 is 1.11 bits per heavy atom. The van der Waals surface area contributed by atoms with Crippen molar-refractivity contribution in [2.24, 2.45) is 5.41 Å². The third kappa shape index (κ3) is 2.27. The molecule has 0 aromatic carbocycles. The summed E-state index contributed by atoms with van der Waals surface area (Å²) in [5.74, 6) is 0.900. The standard InChI is InChI=1S/C17H26S/c1-12-14-11-17(2,3)10-9-15(14)18-16(12)13-7-5-4-6-8-13/h13H,4-11H2,1-3H3. The molecule has 0 amide bonds. The van der Waals surface area contributed by atoms with Crippen LogP contribution in [0.2, 0.25) is 0 Å². The lowest BCUT2D eigenvalue weighted by Crippen LogP contribution is -2.21. The van der Waals surface area contributed by atoms with E-state index in [9.17, 15) is 0 Å². The van der Waals surface area contributed by atoms with Crippen LogP contribution in [-0.4, -0.2) is 0 Å². The van der Waals surface area contributed by atoms with Crippen molar-refractivity contribution >= 4 is 11.3 Å². The van der Waals surface area contributed by atoms with E-state index in [0.717, 1.165) is 5.92 Å². The van der Waals surface area contributed by atoms with Gasteiger partial charge in [-0.2, -0.15) is 0 Å². The molecule has 3 rings (SSSR count). The van der Waals surface area contributed by atoms with E-state index in [1.807, 2.05) is 0 Å². The molecule has 0 radical (unpaired) electrons. The van der Waals surface area contributed by atoms with Crippen LogP contribution in [0.25, 0.3) is 0 Å². The topological polar surface area (TPSA) is 0 Å². The monoisotopic (exact) mass is 262 g/mol. The Labute approximate surface area is 116 Å². The van der Waals surface area contributed by atoms with Crippen LogP contribution in [0.5, 0.6) is 0 Å². The van der Waals surface area contributed by atoms with Gasteiger partial charge in [0.2, 0.25) is 0 Å². The molecule has 0 saturated heterocycles. The van der Waals surface area contributed by atoms with Gasteiger partial charge in [0.25, 0.3) is 0 Å². The van der Waals surface area contributed by atoms with Gasteiger partial charge in [-0.25, -0.2) is 0 Å². The molecule has 1 aromatic heterocycles. The first kappa shape index (κ1) is 12.7. The van der Waals surface area contributed by atoms with Gasteiger partial charge in [-0.1, -0.05) is 33.1 Å². The predicted octanol–water partition coefficient (Wildman–Crippen LogP) is 5.62. The number of hydrogen-bond acceptors (Lipinski definition) is 1. The van der Waals surface area contributed by atoms with Gasteiger partial charge in [-0.15, -0.1) is 11.3 Å². The van der Waals surface area contributed by atoms with Crippen LogP contribution in [0.3, 0.4) is 0 Å². The lowest BCUT2D eigenvalue weighted by atomic mass is 9.75. The fraction of sp³-hybridized carbons (Fsp3) is 0.765. The summed E-state index contributed by atoms with van der Waals surface area (Å²) in [5, 5.41) is 0. The number of hydrogen-bond donors (Lipinski definition) is 0. The first-order valence-corrected chi connectivity index (χ1v) is 8.49. The average Bonchev–Trinajstić information content (AvgIpc) is 2.67. The summed E-state index contributed by atoms with van der Waals surface area (Å²) >= 11 is 2.17. The Kier molecular flexibility index (Phi) is 3.30. The van der Waals surface area contributed by atoms with Crippen molar-refractivity contribution in [3.05, 3.63) is 20.9 Å². The molecule has 1 heterocycles. The van der Waals surface area contributed by atoms with E-state index >= 15 is 0 Å². The fourth-order valence-electron chi connectivity index (χ4n) is 3.83. The predicted molar refractivity (Wildman–Crippen MR) is 80.7 cm³/mol. The van der Waals surface area contributed by atoms with Crippen molar-refractivity contribution in [2.45, 2.75) is 78.1 Å². The highest BCUT2D eigenvalue weighted by Gasteiger charge is 2.30. The normalized spacial score (nSPS) is 23.9. The largest absolute Gasteiger partial charge is 0.145 e. The Hall–Kier alpha value is -0.300. The molecule has 18 heavy (non-hydrogen) atoms. The fourth-order valence-corrected chi connectivity index (χ4v) is 5.33. The van der Waals surface area contributed by atoms with E-state index in [4.69, 9.17) is 0 Å². The van der Waals surface area contributed by atoms with Crippen LogP contribution in [0.15, 0.2) is 0 Å². The summed E-state index contributed by atoms with van der Waals surface area (Å²) in [6, 6.07) is 0. The number of aryl methyl sites for hydroxylation is 1. The van der Waals surface area contributed by atoms with Gasteiger partial charge in [-0.05, 0) is 61.5 Å². The summed E-state index contributed by atoms with van der Waals surface area (Å²) in [5.41, 5.74) is 3.94. The third-order valence-electron chi connectivity index (χ3n) is 5.05. The van der Waals surface area contributed by atoms with Crippen molar-refractivity contribution in [1.82, 2.24) is 0 Å². The van der Waals surface area contributed by atoms with Gasteiger partial charge in [-0.3, -0.25) is 0 Å². The van der Waals surface area contributed by atoms with E-state index < -0.39 is 0 Å². The molecule has 0 aliphatic heterocycles. The Balaban J connectivity index is 1.91. The van der Waals surface area contributed by atoms with E-state index in [0.29, 0.717) is 5.41 Å². The molecular formula is C17H26S. The molecule has 1 fully saturated rings. The van der Waals surface area contributed by atoms with Crippen molar-refractivity contribution in [1.29, 1.82) is 0 Å². The van der Waals surface area contributed by atoms with Crippen LogP contribution >= 0.6 is 11.3 Å². The highest BCUT2D eigenvalue weighted by atomic mass is 32.1. The zero-order valence-corrected chi connectivity index (χ0v) is 13.0. The minimum atomic E-state index is 0.530. The molecule has 1 heteroatoms. The summed E-state index contributed by atoms with van der Waals surface area (Å²) < 4.78 is 0. The molecule has 2 aliphatic carbocycles. The molecule has 0 N–H and O–H groups in total. The quantitative estimate of drug-likeness (QED) is 0.616. The van der Waals surface area contributed by atoms with Crippen molar-refractivity contribution in [3.63, 3.8) is 0 Å². The molecular weight excluding hydrogens is 236 g/mol. The van der Waals surface area contributed by atoms with Gasteiger partial charge in [0.15, 0.2) is 0 Å². The first-order valence-electron chi connectivity index (χ1n) is 7.68. The van der Waals surface area contributed by atoms with E-state index in [2.05, 4.69) is 32.1 Å². The van der Waals surface area contributed by atoms with Crippen LogP contribution < -0.4 is 0 Å².